The van der Waals surface area contributed by atoms with Gasteiger partial charge in [-0.3, -0.25) is 10.1 Å². The van der Waals surface area contributed by atoms with E-state index in [1.807, 2.05) is 24.3 Å². The van der Waals surface area contributed by atoms with Crippen molar-refractivity contribution in [3.63, 3.8) is 0 Å². The second-order valence-corrected chi connectivity index (χ2v) is 5.31. The van der Waals surface area contributed by atoms with Crippen molar-refractivity contribution >= 4 is 17.4 Å². The number of ether oxygens (including phenoxy) is 1. The molecule has 0 aliphatic carbocycles. The van der Waals surface area contributed by atoms with Crippen LogP contribution < -0.4 is 4.74 Å². The summed E-state index contributed by atoms with van der Waals surface area (Å²) < 4.78 is 5.03. The highest BCUT2D eigenvalue weighted by Crippen LogP contribution is 2.36. The number of benzene rings is 2. The topological polar surface area (TPSA) is 52.4 Å². The zero-order chi connectivity index (χ0) is 14.5. The van der Waals surface area contributed by atoms with Crippen LogP contribution in [0.4, 0.5) is 5.69 Å². The molecule has 0 aliphatic heterocycles. The molecular formula is C15H15NO3S. The molecule has 0 atom stereocenters. The van der Waals surface area contributed by atoms with Crippen molar-refractivity contribution in [3.05, 3.63) is 58.1 Å². The van der Waals surface area contributed by atoms with Crippen LogP contribution >= 0.6 is 11.8 Å². The van der Waals surface area contributed by atoms with Gasteiger partial charge < -0.3 is 4.74 Å². The maximum absolute atomic E-state index is 11.1. The Labute approximate surface area is 121 Å². The third-order valence-electron chi connectivity index (χ3n) is 2.92. The van der Waals surface area contributed by atoms with Gasteiger partial charge in [0, 0.05) is 4.90 Å². The molecule has 2 aromatic carbocycles. The molecule has 0 saturated heterocycles. The van der Waals surface area contributed by atoms with Crippen LogP contribution in [0.5, 0.6) is 5.75 Å². The summed E-state index contributed by atoms with van der Waals surface area (Å²) in [5, 5.41) is 11.1. The maximum atomic E-state index is 11.1. The van der Waals surface area contributed by atoms with Gasteiger partial charge in [-0.1, -0.05) is 30.8 Å². The molecule has 0 N–H and O–H groups in total. The van der Waals surface area contributed by atoms with E-state index in [0.717, 1.165) is 11.3 Å². The fourth-order valence-electron chi connectivity index (χ4n) is 1.77. The monoisotopic (exact) mass is 289 g/mol. The summed E-state index contributed by atoms with van der Waals surface area (Å²) in [5.74, 6) is 0.488. The summed E-state index contributed by atoms with van der Waals surface area (Å²) in [6, 6.07) is 12.9. The summed E-state index contributed by atoms with van der Waals surface area (Å²) in [5.41, 5.74) is 1.31. The largest absolute Gasteiger partial charge is 0.497 e. The molecule has 0 unspecified atom stereocenters. The number of nitro benzene ring substituents is 1. The van der Waals surface area contributed by atoms with E-state index in [-0.39, 0.29) is 10.6 Å². The Morgan fingerprint density at radius 2 is 1.90 bits per heavy atom. The van der Waals surface area contributed by atoms with E-state index in [9.17, 15) is 10.1 Å². The van der Waals surface area contributed by atoms with E-state index in [4.69, 9.17) is 4.74 Å². The van der Waals surface area contributed by atoms with Gasteiger partial charge >= 0.3 is 0 Å². The highest BCUT2D eigenvalue weighted by molar-refractivity contribution is 7.99. The number of methoxy groups -OCH3 is 1. The summed E-state index contributed by atoms with van der Waals surface area (Å²) in [6.07, 6.45) is 0.980. The molecule has 0 bridgehead atoms. The Bertz CT molecular complexity index is 611. The number of hydrogen-bond acceptors (Lipinski definition) is 4. The quantitative estimate of drug-likeness (QED) is 0.607. The summed E-state index contributed by atoms with van der Waals surface area (Å²) in [6.45, 7) is 2.09. The molecule has 5 heteroatoms. The minimum Gasteiger partial charge on any atom is -0.497 e. The number of hydrogen-bond donors (Lipinski definition) is 0. The van der Waals surface area contributed by atoms with Crippen molar-refractivity contribution in [2.75, 3.05) is 7.11 Å². The lowest BCUT2D eigenvalue weighted by molar-refractivity contribution is -0.387. The normalized spacial score (nSPS) is 10.3. The lowest BCUT2D eigenvalue weighted by Gasteiger charge is -2.06. The van der Waals surface area contributed by atoms with Gasteiger partial charge in [0.2, 0.25) is 0 Å². The lowest BCUT2D eigenvalue weighted by Crippen LogP contribution is -1.92. The first-order valence-corrected chi connectivity index (χ1v) is 7.05. The van der Waals surface area contributed by atoms with Crippen LogP contribution in [0.1, 0.15) is 12.5 Å². The summed E-state index contributed by atoms with van der Waals surface area (Å²) in [4.78, 5) is 12.3. The lowest BCUT2D eigenvalue weighted by atomic mass is 10.2. The SMILES string of the molecule is CCc1ccc(Sc2ccc(OC)cc2[N+](=O)[O-])cc1. The van der Waals surface area contributed by atoms with Crippen LogP contribution in [0.3, 0.4) is 0 Å². The Balaban J connectivity index is 2.29. The number of nitrogens with zero attached hydrogens (tertiary/aromatic N) is 1. The van der Waals surface area contributed by atoms with Crippen molar-refractivity contribution in [3.8, 4) is 5.75 Å². The van der Waals surface area contributed by atoms with Gasteiger partial charge in [-0.25, -0.2) is 0 Å². The predicted octanol–water partition coefficient (Wildman–Crippen LogP) is 4.32. The molecule has 104 valence electrons. The first kappa shape index (κ1) is 14.4. The smallest absolute Gasteiger partial charge is 0.286 e. The van der Waals surface area contributed by atoms with Crippen LogP contribution in [0.15, 0.2) is 52.3 Å². The fraction of sp³-hybridized carbons (Fsp3) is 0.200. The molecule has 0 radical (unpaired) electrons. The molecule has 0 aromatic heterocycles. The maximum Gasteiger partial charge on any atom is 0.286 e. The zero-order valence-corrected chi connectivity index (χ0v) is 12.1. The van der Waals surface area contributed by atoms with Gasteiger partial charge in [0.05, 0.1) is 23.0 Å². The van der Waals surface area contributed by atoms with Crippen molar-refractivity contribution in [2.45, 2.75) is 23.1 Å². The van der Waals surface area contributed by atoms with Crippen molar-refractivity contribution < 1.29 is 9.66 Å². The van der Waals surface area contributed by atoms with E-state index in [1.54, 1.807) is 12.1 Å². The Hall–Kier alpha value is -2.01. The van der Waals surface area contributed by atoms with Gasteiger partial charge in [0.25, 0.3) is 5.69 Å². The van der Waals surface area contributed by atoms with Gasteiger partial charge in [0.1, 0.15) is 5.75 Å². The first-order valence-electron chi connectivity index (χ1n) is 6.23. The van der Waals surface area contributed by atoms with Crippen molar-refractivity contribution in [1.29, 1.82) is 0 Å². The molecule has 4 nitrogen and oxygen atoms in total. The van der Waals surface area contributed by atoms with Gasteiger partial charge in [0.15, 0.2) is 0 Å². The van der Waals surface area contributed by atoms with E-state index >= 15 is 0 Å². The van der Waals surface area contributed by atoms with E-state index < -0.39 is 0 Å². The molecule has 0 spiro atoms. The molecule has 0 aliphatic rings. The predicted molar refractivity (Wildman–Crippen MR) is 79.6 cm³/mol. The average Bonchev–Trinajstić information content (AvgIpc) is 2.48. The van der Waals surface area contributed by atoms with Crippen LogP contribution in [-0.2, 0) is 6.42 Å². The average molecular weight is 289 g/mol. The number of nitro groups is 1. The summed E-state index contributed by atoms with van der Waals surface area (Å²) >= 11 is 1.38. The number of rotatable bonds is 5. The molecular weight excluding hydrogens is 274 g/mol. The zero-order valence-electron chi connectivity index (χ0n) is 11.3. The fourth-order valence-corrected chi connectivity index (χ4v) is 2.67. The third-order valence-corrected chi connectivity index (χ3v) is 4.00. The Morgan fingerprint density at radius 1 is 1.20 bits per heavy atom. The number of aryl methyl sites for hydroxylation is 1. The van der Waals surface area contributed by atoms with Crippen LogP contribution in [0, 0.1) is 10.1 Å². The standard InChI is InChI=1S/C15H15NO3S/c1-3-11-4-7-13(8-5-11)20-15-9-6-12(19-2)10-14(15)16(17)18/h4-10H,3H2,1-2H3. The van der Waals surface area contributed by atoms with Crippen LogP contribution in [0.25, 0.3) is 0 Å². The Kier molecular flexibility index (Phi) is 4.63. The van der Waals surface area contributed by atoms with Crippen molar-refractivity contribution in [1.82, 2.24) is 0 Å². The molecule has 0 fully saturated rings. The molecule has 2 aromatic rings. The minimum atomic E-state index is -0.384. The van der Waals surface area contributed by atoms with Gasteiger partial charge in [-0.05, 0) is 36.2 Å². The molecule has 20 heavy (non-hydrogen) atoms. The van der Waals surface area contributed by atoms with E-state index in [1.165, 1.54) is 30.5 Å². The highest BCUT2D eigenvalue weighted by Gasteiger charge is 2.16. The third kappa shape index (κ3) is 3.30. The molecule has 0 amide bonds. The first-order chi connectivity index (χ1) is 9.63. The van der Waals surface area contributed by atoms with Crippen LogP contribution in [0.2, 0.25) is 0 Å². The van der Waals surface area contributed by atoms with Gasteiger partial charge in [-0.2, -0.15) is 0 Å². The second kappa shape index (κ2) is 6.43. The molecule has 2 rings (SSSR count). The van der Waals surface area contributed by atoms with Crippen molar-refractivity contribution in [2.24, 2.45) is 0 Å². The molecule has 0 saturated carbocycles. The summed E-state index contributed by atoms with van der Waals surface area (Å²) in [7, 11) is 1.50. The Morgan fingerprint density at radius 3 is 2.45 bits per heavy atom. The van der Waals surface area contributed by atoms with E-state index in [2.05, 4.69) is 6.92 Å². The minimum absolute atomic E-state index is 0.0638. The van der Waals surface area contributed by atoms with Gasteiger partial charge in [-0.15, -0.1) is 0 Å². The highest BCUT2D eigenvalue weighted by atomic mass is 32.2. The second-order valence-electron chi connectivity index (χ2n) is 4.19. The van der Waals surface area contributed by atoms with Crippen LogP contribution in [-0.4, -0.2) is 12.0 Å². The molecule has 0 heterocycles. The van der Waals surface area contributed by atoms with E-state index in [0.29, 0.717) is 10.6 Å².